The minimum Gasteiger partial charge on any atom is -0.343 e. The van der Waals surface area contributed by atoms with Gasteiger partial charge in [-0.05, 0) is 75.6 Å². The van der Waals surface area contributed by atoms with Crippen LogP contribution in [-0.4, -0.2) is 87.6 Å². The monoisotopic (exact) mass is 676 g/mol. The summed E-state index contributed by atoms with van der Waals surface area (Å²) < 4.78 is 2.22. The van der Waals surface area contributed by atoms with E-state index < -0.39 is 36.0 Å². The fourth-order valence-corrected chi connectivity index (χ4v) is 7.59. The first-order valence-electron chi connectivity index (χ1n) is 18.7. The lowest BCUT2D eigenvalue weighted by Gasteiger charge is -2.39. The quantitative estimate of drug-likeness (QED) is 0.274. The van der Waals surface area contributed by atoms with Gasteiger partial charge < -0.3 is 25.4 Å². The van der Waals surface area contributed by atoms with Crippen LogP contribution in [0, 0.1) is 5.92 Å². The van der Waals surface area contributed by atoms with Crippen molar-refractivity contribution >= 4 is 40.3 Å². The van der Waals surface area contributed by atoms with E-state index in [-0.39, 0.29) is 29.9 Å². The Morgan fingerprint density at radius 2 is 1.57 bits per heavy atom. The molecule has 1 aromatic heterocycles. The Bertz CT molecular complexity index is 1480. The zero-order valence-electron chi connectivity index (χ0n) is 29.7. The molecule has 0 bridgehead atoms. The number of benzene rings is 1. The summed E-state index contributed by atoms with van der Waals surface area (Å²) in [6, 6.07) is 4.79. The van der Waals surface area contributed by atoms with Gasteiger partial charge in [-0.1, -0.05) is 58.2 Å². The van der Waals surface area contributed by atoms with Crippen LogP contribution in [0.3, 0.4) is 0 Å². The summed E-state index contributed by atoms with van der Waals surface area (Å²) in [7, 11) is 0. The summed E-state index contributed by atoms with van der Waals surface area (Å²) >= 11 is 0. The third-order valence-corrected chi connectivity index (χ3v) is 10.8. The van der Waals surface area contributed by atoms with E-state index in [0.29, 0.717) is 45.1 Å². The molecule has 3 saturated heterocycles. The second-order valence-electron chi connectivity index (χ2n) is 14.3. The van der Waals surface area contributed by atoms with Crippen LogP contribution in [0.4, 0.5) is 0 Å². The number of nitrogens with one attached hydrogen (secondary N) is 3. The van der Waals surface area contributed by atoms with Crippen molar-refractivity contribution in [1.29, 1.82) is 0 Å². The molecule has 5 atom stereocenters. The Hall–Kier alpha value is -3.73. The number of hydrogen-bond acceptors (Lipinski definition) is 6. The number of carbonyl (C=O) groups is 5. The maximum absolute atomic E-state index is 14.3. The summed E-state index contributed by atoms with van der Waals surface area (Å²) in [5.41, 5.74) is 2.01. The van der Waals surface area contributed by atoms with Crippen molar-refractivity contribution in [1.82, 2.24) is 30.3 Å². The van der Waals surface area contributed by atoms with Gasteiger partial charge in [0.25, 0.3) is 0 Å². The molecule has 0 unspecified atom stereocenters. The van der Waals surface area contributed by atoms with Crippen molar-refractivity contribution in [2.45, 2.75) is 135 Å². The molecule has 11 heteroatoms. The summed E-state index contributed by atoms with van der Waals surface area (Å²) in [6.07, 6.45) is 10.9. The van der Waals surface area contributed by atoms with Gasteiger partial charge in [0.05, 0.1) is 6.67 Å². The molecular weight excluding hydrogens is 620 g/mol. The van der Waals surface area contributed by atoms with Crippen LogP contribution in [0.1, 0.15) is 103 Å². The Morgan fingerprint density at radius 3 is 2.33 bits per heavy atom. The lowest BCUT2D eigenvalue weighted by molar-refractivity contribution is -0.147. The van der Waals surface area contributed by atoms with Crippen LogP contribution in [0.25, 0.3) is 10.9 Å². The van der Waals surface area contributed by atoms with Crippen LogP contribution >= 0.6 is 0 Å². The van der Waals surface area contributed by atoms with E-state index >= 15 is 0 Å². The molecule has 2 aromatic rings. The van der Waals surface area contributed by atoms with E-state index in [1.54, 1.807) is 4.90 Å². The van der Waals surface area contributed by atoms with E-state index in [1.807, 2.05) is 32.9 Å². The zero-order valence-corrected chi connectivity index (χ0v) is 29.7. The number of carbonyl (C=O) groups excluding carboxylic acids is 5. The van der Waals surface area contributed by atoms with Crippen molar-refractivity contribution in [3.63, 3.8) is 0 Å². The SMILES string of the molecule is CCC(=O)CCCCC[C@@H]1NC(=O)[C@H]2CCCCN2C(=O)[C@H]([C@@H](C)CC)NC(=O)[C@H](Cc2cn(CN3CCCC3)c3ccccc23)NC1=O. The molecule has 3 aliphatic heterocycles. The molecule has 11 nitrogen and oxygen atoms in total. The summed E-state index contributed by atoms with van der Waals surface area (Å²) in [4.78, 5) is 72.2. The van der Waals surface area contributed by atoms with Crippen molar-refractivity contribution in [2.24, 2.45) is 5.92 Å². The first-order chi connectivity index (χ1) is 23.7. The largest absolute Gasteiger partial charge is 0.343 e. The number of nitrogens with zero attached hydrogens (tertiary/aromatic N) is 3. The molecule has 0 saturated carbocycles. The van der Waals surface area contributed by atoms with Gasteiger partial charge in [0, 0.05) is 42.9 Å². The number of hydrogen-bond donors (Lipinski definition) is 3. The molecule has 5 rings (SSSR count). The van der Waals surface area contributed by atoms with Gasteiger partial charge in [0.1, 0.15) is 30.0 Å². The van der Waals surface area contributed by atoms with Crippen LogP contribution in [-0.2, 0) is 37.1 Å². The minimum absolute atomic E-state index is 0.170. The summed E-state index contributed by atoms with van der Waals surface area (Å²) in [6.45, 7) is 9.07. The first kappa shape index (κ1) is 36.5. The van der Waals surface area contributed by atoms with E-state index in [4.69, 9.17) is 0 Å². The molecule has 268 valence electrons. The highest BCUT2D eigenvalue weighted by atomic mass is 16.2. The molecule has 0 spiro atoms. The maximum Gasteiger partial charge on any atom is 0.246 e. The van der Waals surface area contributed by atoms with E-state index in [2.05, 4.69) is 43.7 Å². The predicted molar refractivity (Wildman–Crippen MR) is 189 cm³/mol. The summed E-state index contributed by atoms with van der Waals surface area (Å²) in [5.74, 6) is -1.34. The Balaban J connectivity index is 1.45. The number of unbranched alkanes of at least 4 members (excludes halogenated alkanes) is 2. The van der Waals surface area contributed by atoms with Gasteiger partial charge in [0.2, 0.25) is 23.6 Å². The van der Waals surface area contributed by atoms with Gasteiger partial charge in [0.15, 0.2) is 0 Å². The lowest BCUT2D eigenvalue weighted by Crippen LogP contribution is -2.64. The highest BCUT2D eigenvalue weighted by molar-refractivity contribution is 5.98. The van der Waals surface area contributed by atoms with E-state index in [0.717, 1.165) is 61.9 Å². The second-order valence-corrected chi connectivity index (χ2v) is 14.3. The van der Waals surface area contributed by atoms with Crippen LogP contribution in [0.5, 0.6) is 0 Å². The number of likely N-dealkylation sites (tertiary alicyclic amines) is 1. The van der Waals surface area contributed by atoms with Crippen molar-refractivity contribution in [3.05, 3.63) is 36.0 Å². The predicted octanol–water partition coefficient (Wildman–Crippen LogP) is 4.06. The maximum atomic E-state index is 14.3. The van der Waals surface area contributed by atoms with Crippen molar-refractivity contribution in [2.75, 3.05) is 19.6 Å². The van der Waals surface area contributed by atoms with Gasteiger partial charge >= 0.3 is 0 Å². The van der Waals surface area contributed by atoms with Crippen LogP contribution in [0.15, 0.2) is 30.5 Å². The molecule has 4 heterocycles. The van der Waals surface area contributed by atoms with E-state index in [1.165, 1.54) is 12.8 Å². The Labute approximate surface area is 290 Å². The number of aromatic nitrogens is 1. The molecule has 3 aliphatic rings. The highest BCUT2D eigenvalue weighted by Crippen LogP contribution is 2.26. The average molecular weight is 677 g/mol. The molecule has 0 radical (unpaired) electrons. The van der Waals surface area contributed by atoms with E-state index in [9.17, 15) is 24.0 Å². The Morgan fingerprint density at radius 1 is 0.857 bits per heavy atom. The Kier molecular flexibility index (Phi) is 12.9. The van der Waals surface area contributed by atoms with Crippen molar-refractivity contribution < 1.29 is 24.0 Å². The smallest absolute Gasteiger partial charge is 0.246 e. The first-order valence-corrected chi connectivity index (χ1v) is 18.7. The molecule has 4 amide bonds. The number of Topliss-reactive ketones (excluding diaryl/α,β-unsaturated/α-hetero) is 1. The zero-order chi connectivity index (χ0) is 34.9. The van der Waals surface area contributed by atoms with Crippen molar-refractivity contribution in [3.8, 4) is 0 Å². The third kappa shape index (κ3) is 9.09. The number of para-hydroxylation sites is 1. The fraction of sp³-hybridized carbons (Fsp3) is 0.658. The molecule has 3 N–H and O–H groups in total. The number of amides is 4. The van der Waals surface area contributed by atoms with Gasteiger partial charge in [-0.15, -0.1) is 0 Å². The number of piperidine rings is 1. The molecule has 3 fully saturated rings. The average Bonchev–Trinajstić information content (AvgIpc) is 3.76. The number of fused-ring (bicyclic) bond motifs is 2. The normalized spacial score (nSPS) is 24.8. The standard InChI is InChI=1S/C38H56N6O5/c1-4-26(3)34-38(49)44-22-12-11-19-33(44)37(48)39-30(17-8-6-7-15-28(45)5-2)35(46)40-31(36(47)41-34)23-27-24-43(25-42-20-13-14-21-42)32-18-10-9-16-29(27)32/h9-10,16,18,24,26,30-31,33-34H,4-8,11-15,17,19-23,25H2,1-3H3,(H,39,48)(H,40,46)(H,41,47)/t26-,30-,31-,33+,34-/m0/s1. The van der Waals surface area contributed by atoms with Gasteiger partial charge in [-0.3, -0.25) is 28.9 Å². The third-order valence-electron chi connectivity index (χ3n) is 10.8. The van der Waals surface area contributed by atoms with Crippen LogP contribution in [0.2, 0.25) is 0 Å². The summed E-state index contributed by atoms with van der Waals surface area (Å²) in [5, 5.41) is 10.1. The molecular formula is C38H56N6O5. The molecule has 0 aliphatic carbocycles. The number of ketones is 1. The van der Waals surface area contributed by atoms with Crippen LogP contribution < -0.4 is 16.0 Å². The topological polar surface area (TPSA) is 133 Å². The molecule has 1 aromatic carbocycles. The van der Waals surface area contributed by atoms with Gasteiger partial charge in [-0.25, -0.2) is 0 Å². The minimum atomic E-state index is -0.962. The fourth-order valence-electron chi connectivity index (χ4n) is 7.59. The number of rotatable bonds is 13. The lowest BCUT2D eigenvalue weighted by atomic mass is 9.93. The highest BCUT2D eigenvalue weighted by Gasteiger charge is 2.41. The molecule has 49 heavy (non-hydrogen) atoms. The second kappa shape index (κ2) is 17.3. The van der Waals surface area contributed by atoms with Gasteiger partial charge in [-0.2, -0.15) is 0 Å².